The van der Waals surface area contributed by atoms with Crippen molar-refractivity contribution in [1.29, 1.82) is 0 Å². The first-order valence-corrected chi connectivity index (χ1v) is 8.24. The molecule has 2 unspecified atom stereocenters. The van der Waals surface area contributed by atoms with E-state index >= 15 is 0 Å². The molecule has 2 fully saturated rings. The second-order valence-corrected chi connectivity index (χ2v) is 6.65. The van der Waals surface area contributed by atoms with E-state index in [9.17, 15) is 0 Å². The summed E-state index contributed by atoms with van der Waals surface area (Å²) in [6.45, 7) is 3.17. The second-order valence-electron chi connectivity index (χ2n) is 5.74. The van der Waals surface area contributed by atoms with Gasteiger partial charge in [0.2, 0.25) is 0 Å². The summed E-state index contributed by atoms with van der Waals surface area (Å²) < 4.78 is 6.94. The molecule has 1 aliphatic carbocycles. The van der Waals surface area contributed by atoms with E-state index in [2.05, 4.69) is 20.8 Å². The van der Waals surface area contributed by atoms with Gasteiger partial charge in [-0.2, -0.15) is 0 Å². The third-order valence-electron chi connectivity index (χ3n) is 4.59. The Kier molecular flexibility index (Phi) is 4.44. The zero-order valence-corrected chi connectivity index (χ0v) is 12.9. The highest BCUT2D eigenvalue weighted by Crippen LogP contribution is 2.35. The zero-order chi connectivity index (χ0) is 13.1. The Morgan fingerprint density at radius 2 is 1.89 bits per heavy atom. The van der Waals surface area contributed by atoms with Crippen molar-refractivity contribution in [2.75, 3.05) is 19.7 Å². The maximum absolute atomic E-state index is 5.84. The normalized spacial score (nSPS) is 27.2. The van der Waals surface area contributed by atoms with Crippen LogP contribution >= 0.6 is 15.9 Å². The van der Waals surface area contributed by atoms with Crippen LogP contribution in [-0.4, -0.2) is 30.6 Å². The molecule has 0 spiro atoms. The standard InChI is InChI=1S/C16H22BrNO/c17-14-5-7-15(8-6-14)19-12-11-18-10-9-13-3-1-2-4-16(13)18/h5-8,13,16H,1-4,9-12H2. The summed E-state index contributed by atoms with van der Waals surface area (Å²) in [5, 5.41) is 0. The first-order valence-electron chi connectivity index (χ1n) is 7.45. The first-order chi connectivity index (χ1) is 9.33. The van der Waals surface area contributed by atoms with Gasteiger partial charge in [0.15, 0.2) is 0 Å². The number of ether oxygens (including phenoxy) is 1. The molecule has 3 heteroatoms. The Bertz CT molecular complexity index is 406. The molecule has 2 aliphatic rings. The molecule has 0 aromatic heterocycles. The molecule has 2 atom stereocenters. The highest BCUT2D eigenvalue weighted by Gasteiger charge is 2.35. The molecular formula is C16H22BrNO. The summed E-state index contributed by atoms with van der Waals surface area (Å²) in [5.41, 5.74) is 0. The van der Waals surface area contributed by atoms with Crippen LogP contribution in [0.2, 0.25) is 0 Å². The van der Waals surface area contributed by atoms with Gasteiger partial charge in [-0.3, -0.25) is 4.90 Å². The summed E-state index contributed by atoms with van der Waals surface area (Å²) >= 11 is 3.44. The monoisotopic (exact) mass is 323 g/mol. The minimum absolute atomic E-state index is 0.810. The number of nitrogens with zero attached hydrogens (tertiary/aromatic N) is 1. The maximum atomic E-state index is 5.84. The summed E-state index contributed by atoms with van der Waals surface area (Å²) in [6, 6.07) is 8.96. The molecule has 3 rings (SSSR count). The fourth-order valence-electron chi connectivity index (χ4n) is 3.59. The van der Waals surface area contributed by atoms with Crippen LogP contribution in [-0.2, 0) is 0 Å². The Labute approximate surface area is 124 Å². The van der Waals surface area contributed by atoms with Crippen molar-refractivity contribution in [3.05, 3.63) is 28.7 Å². The first kappa shape index (κ1) is 13.4. The molecule has 1 aromatic rings. The third-order valence-corrected chi connectivity index (χ3v) is 5.11. The molecule has 1 saturated carbocycles. The quantitative estimate of drug-likeness (QED) is 0.827. The molecular weight excluding hydrogens is 302 g/mol. The molecule has 1 aliphatic heterocycles. The van der Waals surface area contributed by atoms with Gasteiger partial charge in [0.05, 0.1) is 0 Å². The van der Waals surface area contributed by atoms with E-state index < -0.39 is 0 Å². The van der Waals surface area contributed by atoms with Crippen molar-refractivity contribution in [2.24, 2.45) is 5.92 Å². The maximum Gasteiger partial charge on any atom is 0.119 e. The lowest BCUT2D eigenvalue weighted by Gasteiger charge is -2.31. The molecule has 104 valence electrons. The summed E-state index contributed by atoms with van der Waals surface area (Å²) in [6.07, 6.45) is 7.14. The minimum atomic E-state index is 0.810. The Hall–Kier alpha value is -0.540. The Balaban J connectivity index is 1.46. The summed E-state index contributed by atoms with van der Waals surface area (Å²) in [5.74, 6) is 1.95. The molecule has 0 amide bonds. The number of likely N-dealkylation sites (tertiary alicyclic amines) is 1. The highest BCUT2D eigenvalue weighted by atomic mass is 79.9. The molecule has 19 heavy (non-hydrogen) atoms. The van der Waals surface area contributed by atoms with Crippen LogP contribution < -0.4 is 4.74 Å². The lowest BCUT2D eigenvalue weighted by Crippen LogP contribution is -2.37. The number of fused-ring (bicyclic) bond motifs is 1. The number of hydrogen-bond donors (Lipinski definition) is 0. The SMILES string of the molecule is Brc1ccc(OCCN2CCC3CCCCC32)cc1. The van der Waals surface area contributed by atoms with Crippen molar-refractivity contribution in [3.63, 3.8) is 0 Å². The van der Waals surface area contributed by atoms with E-state index in [1.165, 1.54) is 38.6 Å². The predicted molar refractivity (Wildman–Crippen MR) is 81.6 cm³/mol. The number of halogens is 1. The summed E-state index contributed by atoms with van der Waals surface area (Å²) in [7, 11) is 0. The number of rotatable bonds is 4. The third kappa shape index (κ3) is 3.32. The van der Waals surface area contributed by atoms with E-state index in [0.717, 1.165) is 35.3 Å². The van der Waals surface area contributed by atoms with E-state index in [1.54, 1.807) is 0 Å². The van der Waals surface area contributed by atoms with Crippen molar-refractivity contribution < 1.29 is 4.74 Å². The molecule has 0 radical (unpaired) electrons. The van der Waals surface area contributed by atoms with Crippen molar-refractivity contribution >= 4 is 15.9 Å². The van der Waals surface area contributed by atoms with Crippen LogP contribution in [0.25, 0.3) is 0 Å². The van der Waals surface area contributed by atoms with Crippen LogP contribution in [0, 0.1) is 5.92 Å². The average Bonchev–Trinajstić information content (AvgIpc) is 2.85. The lowest BCUT2D eigenvalue weighted by atomic mass is 9.85. The van der Waals surface area contributed by atoms with Crippen LogP contribution in [0.15, 0.2) is 28.7 Å². The molecule has 2 nitrogen and oxygen atoms in total. The van der Waals surface area contributed by atoms with E-state index in [4.69, 9.17) is 4.74 Å². The van der Waals surface area contributed by atoms with Crippen molar-refractivity contribution in [2.45, 2.75) is 38.1 Å². The molecule has 0 N–H and O–H groups in total. The molecule has 0 bridgehead atoms. The smallest absolute Gasteiger partial charge is 0.119 e. The highest BCUT2D eigenvalue weighted by molar-refractivity contribution is 9.10. The van der Waals surface area contributed by atoms with Crippen molar-refractivity contribution in [1.82, 2.24) is 4.90 Å². The second kappa shape index (κ2) is 6.27. The average molecular weight is 324 g/mol. The van der Waals surface area contributed by atoms with Crippen LogP contribution in [0.3, 0.4) is 0 Å². The van der Waals surface area contributed by atoms with Gasteiger partial charge in [0, 0.05) is 17.1 Å². The van der Waals surface area contributed by atoms with E-state index in [-0.39, 0.29) is 0 Å². The van der Waals surface area contributed by atoms with E-state index in [0.29, 0.717) is 0 Å². The lowest BCUT2D eigenvalue weighted by molar-refractivity contribution is 0.154. The number of benzene rings is 1. The zero-order valence-electron chi connectivity index (χ0n) is 11.4. The van der Waals surface area contributed by atoms with Gasteiger partial charge >= 0.3 is 0 Å². The fraction of sp³-hybridized carbons (Fsp3) is 0.625. The van der Waals surface area contributed by atoms with Gasteiger partial charge in [0.1, 0.15) is 12.4 Å². The van der Waals surface area contributed by atoms with Crippen LogP contribution in [0.1, 0.15) is 32.1 Å². The van der Waals surface area contributed by atoms with E-state index in [1.807, 2.05) is 24.3 Å². The molecule has 1 heterocycles. The Morgan fingerprint density at radius 1 is 1.11 bits per heavy atom. The predicted octanol–water partition coefficient (Wildman–Crippen LogP) is 4.09. The van der Waals surface area contributed by atoms with Gasteiger partial charge < -0.3 is 4.74 Å². The molecule has 1 saturated heterocycles. The molecule has 1 aromatic carbocycles. The van der Waals surface area contributed by atoms with Gasteiger partial charge in [-0.15, -0.1) is 0 Å². The van der Waals surface area contributed by atoms with Gasteiger partial charge in [-0.05, 0) is 56.0 Å². The topological polar surface area (TPSA) is 12.5 Å². The van der Waals surface area contributed by atoms with Crippen LogP contribution in [0.4, 0.5) is 0 Å². The van der Waals surface area contributed by atoms with Gasteiger partial charge in [0.25, 0.3) is 0 Å². The number of hydrogen-bond acceptors (Lipinski definition) is 2. The summed E-state index contributed by atoms with van der Waals surface area (Å²) in [4.78, 5) is 2.66. The van der Waals surface area contributed by atoms with Gasteiger partial charge in [-0.25, -0.2) is 0 Å². The van der Waals surface area contributed by atoms with Gasteiger partial charge in [-0.1, -0.05) is 28.8 Å². The minimum Gasteiger partial charge on any atom is -0.492 e. The van der Waals surface area contributed by atoms with Crippen molar-refractivity contribution in [3.8, 4) is 5.75 Å². The Morgan fingerprint density at radius 3 is 2.74 bits per heavy atom. The van der Waals surface area contributed by atoms with Crippen LogP contribution in [0.5, 0.6) is 5.75 Å². The largest absolute Gasteiger partial charge is 0.492 e. The fourth-order valence-corrected chi connectivity index (χ4v) is 3.86.